The van der Waals surface area contributed by atoms with Crippen LogP contribution in [0.3, 0.4) is 0 Å². The van der Waals surface area contributed by atoms with Gasteiger partial charge in [-0.15, -0.1) is 12.4 Å². The van der Waals surface area contributed by atoms with E-state index in [1.54, 1.807) is 0 Å². The molecule has 2 aliphatic rings. The monoisotopic (exact) mass is 248 g/mol. The lowest BCUT2D eigenvalue weighted by molar-refractivity contribution is -0.140. The molecule has 0 aromatic heterocycles. The van der Waals surface area contributed by atoms with Crippen molar-refractivity contribution in [3.05, 3.63) is 0 Å². The summed E-state index contributed by atoms with van der Waals surface area (Å²) in [7, 11) is 0. The van der Waals surface area contributed by atoms with Crippen LogP contribution in [0.1, 0.15) is 25.7 Å². The first-order chi connectivity index (χ1) is 7.27. The fourth-order valence-electron chi connectivity index (χ4n) is 2.40. The second-order valence-corrected chi connectivity index (χ2v) is 4.60. The van der Waals surface area contributed by atoms with Crippen LogP contribution < -0.4 is 5.73 Å². The van der Waals surface area contributed by atoms with Gasteiger partial charge in [-0.1, -0.05) is 0 Å². The molecular weight excluding hydrogens is 228 g/mol. The highest BCUT2D eigenvalue weighted by atomic mass is 35.5. The lowest BCUT2D eigenvalue weighted by Crippen LogP contribution is -2.48. The van der Waals surface area contributed by atoms with Crippen molar-refractivity contribution in [2.24, 2.45) is 11.7 Å². The minimum atomic E-state index is 0. The Morgan fingerprint density at radius 1 is 1.31 bits per heavy atom. The van der Waals surface area contributed by atoms with Crippen molar-refractivity contribution in [1.82, 2.24) is 4.90 Å². The number of nitrogens with zero attached hydrogens (tertiary/aromatic N) is 1. The van der Waals surface area contributed by atoms with Gasteiger partial charge in [-0.05, 0) is 25.7 Å². The molecule has 94 valence electrons. The van der Waals surface area contributed by atoms with Crippen LogP contribution in [0.25, 0.3) is 0 Å². The van der Waals surface area contributed by atoms with E-state index in [9.17, 15) is 4.79 Å². The summed E-state index contributed by atoms with van der Waals surface area (Å²) in [5.41, 5.74) is 5.87. The summed E-state index contributed by atoms with van der Waals surface area (Å²) in [6.07, 6.45) is 4.08. The Labute approximate surface area is 103 Å². The SMILES string of the molecule is Cl.NC1CCCN(C(=O)C2CCCOC2)C1. The molecule has 0 aromatic rings. The van der Waals surface area contributed by atoms with Crippen LogP contribution in [0.15, 0.2) is 0 Å². The third-order valence-corrected chi connectivity index (χ3v) is 3.28. The highest BCUT2D eigenvalue weighted by molar-refractivity contribution is 5.85. The van der Waals surface area contributed by atoms with E-state index in [1.165, 1.54) is 0 Å². The maximum absolute atomic E-state index is 12.1. The summed E-state index contributed by atoms with van der Waals surface area (Å²) < 4.78 is 5.34. The van der Waals surface area contributed by atoms with E-state index in [0.717, 1.165) is 45.4 Å². The van der Waals surface area contributed by atoms with Crippen LogP contribution in [0.5, 0.6) is 0 Å². The molecule has 0 aliphatic carbocycles. The average Bonchev–Trinajstić information content (AvgIpc) is 2.29. The third kappa shape index (κ3) is 3.34. The minimum absolute atomic E-state index is 0. The minimum Gasteiger partial charge on any atom is -0.381 e. The molecule has 0 saturated carbocycles. The molecule has 0 bridgehead atoms. The summed E-state index contributed by atoms with van der Waals surface area (Å²) in [6.45, 7) is 3.02. The molecule has 2 heterocycles. The second kappa shape index (κ2) is 6.42. The standard InChI is InChI=1S/C11H20N2O2.ClH/c12-10-4-1-5-13(7-10)11(14)9-3-2-6-15-8-9;/h9-10H,1-8,12H2;1H. The normalized spacial score (nSPS) is 30.7. The van der Waals surface area contributed by atoms with Gasteiger partial charge < -0.3 is 15.4 Å². The largest absolute Gasteiger partial charge is 0.381 e. The van der Waals surface area contributed by atoms with Gasteiger partial charge in [0.25, 0.3) is 0 Å². The number of nitrogens with two attached hydrogens (primary N) is 1. The maximum atomic E-state index is 12.1. The zero-order chi connectivity index (χ0) is 10.7. The van der Waals surface area contributed by atoms with Gasteiger partial charge in [0, 0.05) is 25.7 Å². The van der Waals surface area contributed by atoms with Crippen LogP contribution in [0.4, 0.5) is 0 Å². The first-order valence-corrected chi connectivity index (χ1v) is 5.89. The number of rotatable bonds is 1. The quantitative estimate of drug-likeness (QED) is 0.746. The number of carbonyl (C=O) groups is 1. The number of ether oxygens (including phenoxy) is 1. The van der Waals surface area contributed by atoms with Crippen molar-refractivity contribution in [2.45, 2.75) is 31.7 Å². The number of carbonyl (C=O) groups excluding carboxylic acids is 1. The molecule has 0 spiro atoms. The Balaban J connectivity index is 0.00000128. The van der Waals surface area contributed by atoms with Crippen LogP contribution in [0.2, 0.25) is 0 Å². The predicted octanol–water partition coefficient (Wildman–Crippen LogP) is 0.784. The van der Waals surface area contributed by atoms with E-state index in [-0.39, 0.29) is 30.3 Å². The van der Waals surface area contributed by atoms with Gasteiger partial charge in [0.15, 0.2) is 0 Å². The van der Waals surface area contributed by atoms with Crippen molar-refractivity contribution in [3.8, 4) is 0 Å². The molecule has 5 heteroatoms. The summed E-state index contributed by atoms with van der Waals surface area (Å²) in [6, 6.07) is 0.173. The molecule has 0 aromatic carbocycles. The lowest BCUT2D eigenvalue weighted by atomic mass is 9.98. The number of hydrogen-bond acceptors (Lipinski definition) is 3. The molecule has 0 radical (unpaired) electrons. The topological polar surface area (TPSA) is 55.6 Å². The third-order valence-electron chi connectivity index (χ3n) is 3.28. The maximum Gasteiger partial charge on any atom is 0.228 e. The van der Waals surface area contributed by atoms with Gasteiger partial charge >= 0.3 is 0 Å². The lowest BCUT2D eigenvalue weighted by Gasteiger charge is -2.34. The van der Waals surface area contributed by atoms with Crippen molar-refractivity contribution in [1.29, 1.82) is 0 Å². The summed E-state index contributed by atoms with van der Waals surface area (Å²) in [5, 5.41) is 0. The highest BCUT2D eigenvalue weighted by Crippen LogP contribution is 2.18. The van der Waals surface area contributed by atoms with Crippen molar-refractivity contribution in [2.75, 3.05) is 26.3 Å². The number of halogens is 1. The molecule has 2 fully saturated rings. The van der Waals surface area contributed by atoms with E-state index in [4.69, 9.17) is 10.5 Å². The summed E-state index contributed by atoms with van der Waals surface area (Å²) in [4.78, 5) is 14.0. The Hall–Kier alpha value is -0.320. The molecule has 2 aliphatic heterocycles. The number of hydrogen-bond donors (Lipinski definition) is 1. The van der Waals surface area contributed by atoms with Crippen LogP contribution in [-0.2, 0) is 9.53 Å². The number of amides is 1. The van der Waals surface area contributed by atoms with Gasteiger partial charge in [0.2, 0.25) is 5.91 Å². The van der Waals surface area contributed by atoms with Gasteiger partial charge in [0.1, 0.15) is 0 Å². The zero-order valence-corrected chi connectivity index (χ0v) is 10.4. The van der Waals surface area contributed by atoms with Gasteiger partial charge in [-0.2, -0.15) is 0 Å². The molecule has 1 amide bonds. The first kappa shape index (κ1) is 13.7. The van der Waals surface area contributed by atoms with E-state index in [1.807, 2.05) is 4.90 Å². The van der Waals surface area contributed by atoms with E-state index in [2.05, 4.69) is 0 Å². The molecule has 4 nitrogen and oxygen atoms in total. The predicted molar refractivity (Wildman–Crippen MR) is 64.6 cm³/mol. The Morgan fingerprint density at radius 2 is 2.12 bits per heavy atom. The molecule has 2 rings (SSSR count). The Kier molecular flexibility index (Phi) is 5.52. The first-order valence-electron chi connectivity index (χ1n) is 5.89. The summed E-state index contributed by atoms with van der Waals surface area (Å²) in [5.74, 6) is 0.342. The molecule has 16 heavy (non-hydrogen) atoms. The Morgan fingerprint density at radius 3 is 2.75 bits per heavy atom. The van der Waals surface area contributed by atoms with Crippen LogP contribution >= 0.6 is 12.4 Å². The van der Waals surface area contributed by atoms with Crippen LogP contribution in [-0.4, -0.2) is 43.2 Å². The number of piperidine rings is 1. The highest BCUT2D eigenvalue weighted by Gasteiger charge is 2.28. The molecule has 2 N–H and O–H groups in total. The van der Waals surface area contributed by atoms with Gasteiger partial charge in [0.05, 0.1) is 12.5 Å². The summed E-state index contributed by atoms with van der Waals surface area (Å²) >= 11 is 0. The molecule has 2 saturated heterocycles. The molecular formula is C11H21ClN2O2. The molecule has 2 unspecified atom stereocenters. The Bertz CT molecular complexity index is 232. The fourth-order valence-corrected chi connectivity index (χ4v) is 2.40. The van der Waals surface area contributed by atoms with E-state index >= 15 is 0 Å². The number of likely N-dealkylation sites (tertiary alicyclic amines) is 1. The van der Waals surface area contributed by atoms with Gasteiger partial charge in [-0.3, -0.25) is 4.79 Å². The fraction of sp³-hybridized carbons (Fsp3) is 0.909. The van der Waals surface area contributed by atoms with Crippen molar-refractivity contribution < 1.29 is 9.53 Å². The smallest absolute Gasteiger partial charge is 0.228 e. The second-order valence-electron chi connectivity index (χ2n) is 4.60. The van der Waals surface area contributed by atoms with Crippen molar-refractivity contribution in [3.63, 3.8) is 0 Å². The van der Waals surface area contributed by atoms with Crippen molar-refractivity contribution >= 4 is 18.3 Å². The van der Waals surface area contributed by atoms with E-state index in [0.29, 0.717) is 6.61 Å². The van der Waals surface area contributed by atoms with E-state index < -0.39 is 0 Å². The molecule has 2 atom stereocenters. The van der Waals surface area contributed by atoms with Crippen LogP contribution in [0, 0.1) is 5.92 Å². The zero-order valence-electron chi connectivity index (χ0n) is 9.56. The van der Waals surface area contributed by atoms with Gasteiger partial charge in [-0.25, -0.2) is 0 Å². The average molecular weight is 249 g/mol.